The van der Waals surface area contributed by atoms with Crippen molar-refractivity contribution in [2.24, 2.45) is 0 Å². The van der Waals surface area contributed by atoms with Gasteiger partial charge in [0.25, 0.3) is 0 Å². The highest BCUT2D eigenvalue weighted by Crippen LogP contribution is 2.24. The highest BCUT2D eigenvalue weighted by Gasteiger charge is 2.37. The van der Waals surface area contributed by atoms with Crippen LogP contribution < -0.4 is 5.32 Å². The second kappa shape index (κ2) is 3.17. The summed E-state index contributed by atoms with van der Waals surface area (Å²) in [5.74, 6) is -0.117. The van der Waals surface area contributed by atoms with Gasteiger partial charge in [-0.3, -0.25) is 4.79 Å². The van der Waals surface area contributed by atoms with Gasteiger partial charge in [0.2, 0.25) is 5.91 Å². The van der Waals surface area contributed by atoms with Crippen LogP contribution in [0, 0.1) is 0 Å². The Labute approximate surface area is 64.9 Å². The Balaban J connectivity index is 2.07. The molecule has 1 rings (SSSR count). The lowest BCUT2D eigenvalue weighted by molar-refractivity contribution is -0.134. The second-order valence-electron chi connectivity index (χ2n) is 2.88. The Morgan fingerprint density at radius 1 is 1.73 bits per heavy atom. The zero-order chi connectivity index (χ0) is 8.32. The molecular formula is C7H12FNO2. The molecule has 0 saturated carbocycles. The lowest BCUT2D eigenvalue weighted by Gasteiger charge is -2.33. The average molecular weight is 161 g/mol. The van der Waals surface area contributed by atoms with Crippen molar-refractivity contribution in [1.29, 1.82) is 0 Å². The van der Waals surface area contributed by atoms with Crippen LogP contribution in [0.1, 0.15) is 13.3 Å². The number of carbonyl (C=O) groups is 1. The van der Waals surface area contributed by atoms with Gasteiger partial charge in [0, 0.05) is 19.9 Å². The first-order valence-electron chi connectivity index (χ1n) is 3.63. The van der Waals surface area contributed by atoms with Crippen molar-refractivity contribution in [3.8, 4) is 0 Å². The molecule has 0 aromatic carbocycles. The van der Waals surface area contributed by atoms with Crippen LogP contribution in [0.3, 0.4) is 0 Å². The highest BCUT2D eigenvalue weighted by atomic mass is 19.1. The van der Waals surface area contributed by atoms with Gasteiger partial charge in [-0.2, -0.15) is 0 Å². The van der Waals surface area contributed by atoms with Crippen LogP contribution in [0.5, 0.6) is 0 Å². The lowest BCUT2D eigenvalue weighted by atomic mass is 10.0. The Bertz CT molecular complexity index is 157. The van der Waals surface area contributed by atoms with Gasteiger partial charge in [0.05, 0.1) is 13.2 Å². The molecule has 11 heavy (non-hydrogen) atoms. The van der Waals surface area contributed by atoms with Crippen LogP contribution in [0.25, 0.3) is 0 Å². The molecule has 0 bridgehead atoms. The molecule has 4 heteroatoms. The third-order valence-corrected chi connectivity index (χ3v) is 1.67. The monoisotopic (exact) mass is 161 g/mol. The van der Waals surface area contributed by atoms with E-state index in [1.807, 2.05) is 0 Å². The summed E-state index contributed by atoms with van der Waals surface area (Å²) >= 11 is 0. The molecule has 1 aliphatic heterocycles. The normalized spacial score (nSPS) is 20.5. The minimum atomic E-state index is -1.18. The van der Waals surface area contributed by atoms with Gasteiger partial charge in [0.1, 0.15) is 0 Å². The van der Waals surface area contributed by atoms with Crippen LogP contribution >= 0.6 is 0 Å². The van der Waals surface area contributed by atoms with E-state index in [-0.39, 0.29) is 19.1 Å². The summed E-state index contributed by atoms with van der Waals surface area (Å²) in [5, 5.41) is 2.54. The second-order valence-corrected chi connectivity index (χ2v) is 2.88. The molecular weight excluding hydrogens is 149 g/mol. The third kappa shape index (κ3) is 2.46. The Morgan fingerprint density at radius 3 is 2.73 bits per heavy atom. The van der Waals surface area contributed by atoms with Crippen molar-refractivity contribution in [2.75, 3.05) is 19.8 Å². The molecule has 0 aromatic rings. The molecule has 3 nitrogen and oxygen atoms in total. The minimum Gasteiger partial charge on any atom is -0.375 e. The van der Waals surface area contributed by atoms with E-state index >= 15 is 0 Å². The fourth-order valence-electron chi connectivity index (χ4n) is 0.930. The number of rotatable bonds is 3. The van der Waals surface area contributed by atoms with Crippen LogP contribution in [0.2, 0.25) is 0 Å². The van der Waals surface area contributed by atoms with Gasteiger partial charge >= 0.3 is 0 Å². The van der Waals surface area contributed by atoms with Crippen molar-refractivity contribution in [1.82, 2.24) is 5.32 Å². The van der Waals surface area contributed by atoms with Crippen molar-refractivity contribution >= 4 is 5.91 Å². The maximum Gasteiger partial charge on any atom is 0.216 e. The Morgan fingerprint density at radius 2 is 2.36 bits per heavy atom. The summed E-state index contributed by atoms with van der Waals surface area (Å²) in [4.78, 5) is 10.4. The molecule has 0 aromatic heterocycles. The fourth-order valence-corrected chi connectivity index (χ4v) is 0.930. The first kappa shape index (κ1) is 8.46. The van der Waals surface area contributed by atoms with Crippen LogP contribution in [-0.2, 0) is 9.53 Å². The highest BCUT2D eigenvalue weighted by molar-refractivity contribution is 5.72. The topological polar surface area (TPSA) is 38.3 Å². The number of alkyl halides is 1. The van der Waals surface area contributed by atoms with Crippen molar-refractivity contribution in [2.45, 2.75) is 19.0 Å². The van der Waals surface area contributed by atoms with E-state index in [9.17, 15) is 9.18 Å². The molecule has 1 saturated heterocycles. The predicted molar refractivity (Wildman–Crippen MR) is 38.0 cm³/mol. The zero-order valence-electron chi connectivity index (χ0n) is 6.52. The standard InChI is InChI=1S/C7H12FNO2/c1-6(10)9-3-2-7(8)4-11-5-7/h2-5H2,1H3,(H,9,10). The number of amides is 1. The fraction of sp³-hybridized carbons (Fsp3) is 0.857. The van der Waals surface area contributed by atoms with Crippen molar-refractivity contribution < 1.29 is 13.9 Å². The van der Waals surface area contributed by atoms with E-state index in [0.717, 1.165) is 0 Å². The molecule has 0 aliphatic carbocycles. The number of ether oxygens (including phenoxy) is 1. The minimum absolute atomic E-state index is 0.117. The summed E-state index contributed by atoms with van der Waals surface area (Å²) in [7, 11) is 0. The maximum absolute atomic E-state index is 13.1. The maximum atomic E-state index is 13.1. The van der Waals surface area contributed by atoms with Crippen molar-refractivity contribution in [3.63, 3.8) is 0 Å². The van der Waals surface area contributed by atoms with Crippen LogP contribution in [0.4, 0.5) is 4.39 Å². The average Bonchev–Trinajstić information content (AvgIpc) is 1.83. The summed E-state index contributed by atoms with van der Waals surface area (Å²) in [6.07, 6.45) is 0.354. The molecule has 0 unspecified atom stereocenters. The summed E-state index contributed by atoms with van der Waals surface area (Å²) in [6.45, 7) is 2.16. The number of hydrogen-bond donors (Lipinski definition) is 1. The van der Waals surface area contributed by atoms with Gasteiger partial charge in [-0.1, -0.05) is 0 Å². The van der Waals surface area contributed by atoms with Crippen LogP contribution in [-0.4, -0.2) is 31.3 Å². The largest absolute Gasteiger partial charge is 0.375 e. The molecule has 0 spiro atoms. The summed E-state index contributed by atoms with van der Waals surface area (Å²) < 4.78 is 17.8. The molecule has 0 atom stereocenters. The summed E-state index contributed by atoms with van der Waals surface area (Å²) in [6, 6.07) is 0. The molecule has 64 valence electrons. The van der Waals surface area contributed by atoms with Crippen LogP contribution in [0.15, 0.2) is 0 Å². The van der Waals surface area contributed by atoms with Gasteiger partial charge in [0.15, 0.2) is 5.67 Å². The van der Waals surface area contributed by atoms with E-state index in [0.29, 0.717) is 13.0 Å². The molecule has 0 radical (unpaired) electrons. The molecule has 1 amide bonds. The summed E-state index contributed by atoms with van der Waals surface area (Å²) in [5.41, 5.74) is -1.18. The van der Waals surface area contributed by atoms with E-state index in [2.05, 4.69) is 5.32 Å². The lowest BCUT2D eigenvalue weighted by Crippen LogP contribution is -2.47. The molecule has 1 heterocycles. The first-order valence-corrected chi connectivity index (χ1v) is 3.63. The van der Waals surface area contributed by atoms with Gasteiger partial charge in [-0.15, -0.1) is 0 Å². The molecule has 1 N–H and O–H groups in total. The number of nitrogens with one attached hydrogen (secondary N) is 1. The molecule has 1 aliphatic rings. The van der Waals surface area contributed by atoms with E-state index in [4.69, 9.17) is 4.74 Å². The van der Waals surface area contributed by atoms with E-state index < -0.39 is 5.67 Å². The SMILES string of the molecule is CC(=O)NCCC1(F)COC1. The number of hydrogen-bond acceptors (Lipinski definition) is 2. The van der Waals surface area contributed by atoms with Gasteiger partial charge in [-0.05, 0) is 0 Å². The van der Waals surface area contributed by atoms with E-state index in [1.54, 1.807) is 0 Å². The Kier molecular flexibility index (Phi) is 2.44. The predicted octanol–water partition coefficient (Wildman–Crippen LogP) is 0.251. The number of halogens is 1. The molecule has 1 fully saturated rings. The number of carbonyl (C=O) groups excluding carboxylic acids is 1. The quantitative estimate of drug-likeness (QED) is 0.644. The van der Waals surface area contributed by atoms with E-state index in [1.165, 1.54) is 6.92 Å². The van der Waals surface area contributed by atoms with Crippen molar-refractivity contribution in [3.05, 3.63) is 0 Å². The van der Waals surface area contributed by atoms with Gasteiger partial charge in [-0.25, -0.2) is 4.39 Å². The smallest absolute Gasteiger partial charge is 0.216 e. The first-order chi connectivity index (χ1) is 5.12. The third-order valence-electron chi connectivity index (χ3n) is 1.67. The zero-order valence-corrected chi connectivity index (χ0v) is 6.52. The van der Waals surface area contributed by atoms with Gasteiger partial charge < -0.3 is 10.1 Å². The Hall–Kier alpha value is -0.640.